The van der Waals surface area contributed by atoms with E-state index in [4.69, 9.17) is 17.4 Å². The van der Waals surface area contributed by atoms with Gasteiger partial charge in [0.1, 0.15) is 5.82 Å². The first-order valence-corrected chi connectivity index (χ1v) is 7.28. The Morgan fingerprint density at radius 3 is 2.38 bits per heavy atom. The summed E-state index contributed by atoms with van der Waals surface area (Å²) in [5.41, 5.74) is 7.99. The Balaban J connectivity index is 2.39. The molecular formula is C17H20ClFN2. The molecule has 0 heterocycles. The van der Waals surface area contributed by atoms with Crippen molar-refractivity contribution < 1.29 is 4.39 Å². The zero-order valence-electron chi connectivity index (χ0n) is 12.5. The molecule has 0 aliphatic carbocycles. The lowest BCUT2D eigenvalue weighted by molar-refractivity contribution is 0.525. The Bertz CT molecular complexity index is 632. The topological polar surface area (TPSA) is 38.0 Å². The number of nitrogens with two attached hydrogens (primary N) is 1. The van der Waals surface area contributed by atoms with Gasteiger partial charge in [-0.2, -0.15) is 0 Å². The van der Waals surface area contributed by atoms with Gasteiger partial charge < -0.3 is 0 Å². The second-order valence-electron chi connectivity index (χ2n) is 5.45. The maximum atomic E-state index is 14.1. The maximum absolute atomic E-state index is 14.1. The Hall–Kier alpha value is -1.42. The molecule has 1 atom stereocenters. The molecule has 2 rings (SSSR count). The van der Waals surface area contributed by atoms with E-state index in [1.807, 2.05) is 13.8 Å². The van der Waals surface area contributed by atoms with Crippen LogP contribution in [0.15, 0.2) is 30.3 Å². The predicted molar refractivity (Wildman–Crippen MR) is 85.8 cm³/mol. The molecule has 0 spiro atoms. The van der Waals surface area contributed by atoms with Crippen molar-refractivity contribution in [2.24, 2.45) is 5.84 Å². The van der Waals surface area contributed by atoms with Gasteiger partial charge in [0.25, 0.3) is 0 Å². The van der Waals surface area contributed by atoms with Gasteiger partial charge in [-0.1, -0.05) is 41.4 Å². The lowest BCUT2D eigenvalue weighted by atomic mass is 9.90. The molecule has 0 saturated carbocycles. The highest BCUT2D eigenvalue weighted by atomic mass is 35.5. The van der Waals surface area contributed by atoms with Crippen LogP contribution in [0.4, 0.5) is 4.39 Å². The number of hydrogen-bond donors (Lipinski definition) is 2. The van der Waals surface area contributed by atoms with Crippen LogP contribution in [-0.2, 0) is 6.42 Å². The second kappa shape index (κ2) is 6.56. The molecule has 2 nitrogen and oxygen atoms in total. The lowest BCUT2D eigenvalue weighted by Gasteiger charge is -2.22. The monoisotopic (exact) mass is 306 g/mol. The van der Waals surface area contributed by atoms with E-state index in [0.717, 1.165) is 16.7 Å². The predicted octanol–water partition coefficient (Wildman–Crippen LogP) is 4.15. The number of hydrogen-bond acceptors (Lipinski definition) is 2. The Labute approximate surface area is 130 Å². The summed E-state index contributed by atoms with van der Waals surface area (Å²) in [5.74, 6) is 5.34. The van der Waals surface area contributed by atoms with Gasteiger partial charge in [-0.05, 0) is 55.5 Å². The van der Waals surface area contributed by atoms with Gasteiger partial charge in [0, 0.05) is 0 Å². The minimum Gasteiger partial charge on any atom is -0.271 e. The van der Waals surface area contributed by atoms with Crippen LogP contribution >= 0.6 is 11.6 Å². The highest BCUT2D eigenvalue weighted by Crippen LogP contribution is 2.28. The Kier molecular flexibility index (Phi) is 4.99. The van der Waals surface area contributed by atoms with Crippen molar-refractivity contribution in [3.8, 4) is 0 Å². The highest BCUT2D eigenvalue weighted by molar-refractivity contribution is 6.30. The van der Waals surface area contributed by atoms with Crippen molar-refractivity contribution in [2.75, 3.05) is 0 Å². The van der Waals surface area contributed by atoms with Crippen LogP contribution in [0.5, 0.6) is 0 Å². The zero-order valence-corrected chi connectivity index (χ0v) is 13.3. The van der Waals surface area contributed by atoms with E-state index in [9.17, 15) is 4.39 Å². The van der Waals surface area contributed by atoms with Gasteiger partial charge >= 0.3 is 0 Å². The molecule has 0 aliphatic rings. The van der Waals surface area contributed by atoms with E-state index in [2.05, 4.69) is 24.5 Å². The van der Waals surface area contributed by atoms with Crippen LogP contribution in [-0.4, -0.2) is 0 Å². The number of halogens is 2. The molecule has 2 aromatic rings. The molecule has 4 heteroatoms. The molecule has 112 valence electrons. The van der Waals surface area contributed by atoms with Gasteiger partial charge in [-0.3, -0.25) is 11.3 Å². The molecule has 0 fully saturated rings. The first-order chi connectivity index (χ1) is 9.93. The minimum atomic E-state index is -0.373. The molecule has 2 aromatic carbocycles. The van der Waals surface area contributed by atoms with Crippen LogP contribution < -0.4 is 11.3 Å². The average molecular weight is 307 g/mol. The van der Waals surface area contributed by atoms with E-state index in [1.165, 1.54) is 5.56 Å². The molecule has 1 unspecified atom stereocenters. The van der Waals surface area contributed by atoms with Crippen molar-refractivity contribution in [3.05, 3.63) is 69.0 Å². The Morgan fingerprint density at radius 1 is 1.19 bits per heavy atom. The van der Waals surface area contributed by atoms with Crippen molar-refractivity contribution in [1.29, 1.82) is 0 Å². The molecule has 21 heavy (non-hydrogen) atoms. The SMILES string of the molecule is Cc1cc(C)c(C(Cc2cccc(Cl)c2F)NN)c(C)c1. The fourth-order valence-corrected chi connectivity index (χ4v) is 3.11. The summed E-state index contributed by atoms with van der Waals surface area (Å²) in [6, 6.07) is 9.11. The molecule has 0 aliphatic heterocycles. The van der Waals surface area contributed by atoms with Gasteiger partial charge in [0.05, 0.1) is 11.1 Å². The third-order valence-electron chi connectivity index (χ3n) is 3.74. The fraction of sp³-hybridized carbons (Fsp3) is 0.294. The molecule has 0 saturated heterocycles. The number of hydrazine groups is 1. The summed E-state index contributed by atoms with van der Waals surface area (Å²) in [6.07, 6.45) is 0.452. The maximum Gasteiger partial charge on any atom is 0.145 e. The summed E-state index contributed by atoms with van der Waals surface area (Å²) in [7, 11) is 0. The first kappa shape index (κ1) is 16.0. The van der Waals surface area contributed by atoms with Crippen LogP contribution in [0.25, 0.3) is 0 Å². The van der Waals surface area contributed by atoms with Gasteiger partial charge in [0.2, 0.25) is 0 Å². The van der Waals surface area contributed by atoms with Crippen molar-refractivity contribution in [3.63, 3.8) is 0 Å². The summed E-state index contributed by atoms with van der Waals surface area (Å²) >= 11 is 5.84. The zero-order chi connectivity index (χ0) is 15.6. The Morgan fingerprint density at radius 2 is 1.81 bits per heavy atom. The standard InChI is InChI=1S/C17H20ClFN2/c1-10-7-11(2)16(12(3)8-10)15(21-20)9-13-5-4-6-14(18)17(13)19/h4-8,15,21H,9,20H2,1-3H3. The van der Waals surface area contributed by atoms with Gasteiger partial charge in [-0.25, -0.2) is 4.39 Å². The smallest absolute Gasteiger partial charge is 0.145 e. The number of rotatable bonds is 4. The number of nitrogens with one attached hydrogen (secondary N) is 1. The van der Waals surface area contributed by atoms with Gasteiger partial charge in [-0.15, -0.1) is 0 Å². The van der Waals surface area contributed by atoms with Crippen molar-refractivity contribution >= 4 is 11.6 Å². The molecule has 0 aromatic heterocycles. The molecule has 0 radical (unpaired) electrons. The molecular weight excluding hydrogens is 287 g/mol. The lowest BCUT2D eigenvalue weighted by Crippen LogP contribution is -2.31. The fourth-order valence-electron chi connectivity index (χ4n) is 2.91. The van der Waals surface area contributed by atoms with E-state index in [1.54, 1.807) is 18.2 Å². The molecule has 0 bridgehead atoms. The first-order valence-electron chi connectivity index (χ1n) is 6.90. The molecule has 0 amide bonds. The average Bonchev–Trinajstić information content (AvgIpc) is 2.41. The quantitative estimate of drug-likeness (QED) is 0.658. The largest absolute Gasteiger partial charge is 0.271 e. The molecule has 3 N–H and O–H groups in total. The third kappa shape index (κ3) is 3.43. The van der Waals surface area contributed by atoms with Crippen LogP contribution in [0.2, 0.25) is 5.02 Å². The van der Waals surface area contributed by atoms with Gasteiger partial charge in [0.15, 0.2) is 0 Å². The number of aryl methyl sites for hydroxylation is 3. The summed E-state index contributed by atoms with van der Waals surface area (Å²) in [5, 5.41) is 0.139. The minimum absolute atomic E-state index is 0.139. The van der Waals surface area contributed by atoms with E-state index >= 15 is 0 Å². The highest BCUT2D eigenvalue weighted by Gasteiger charge is 2.18. The van der Waals surface area contributed by atoms with E-state index < -0.39 is 0 Å². The normalized spacial score (nSPS) is 12.5. The van der Waals surface area contributed by atoms with Crippen LogP contribution in [0.1, 0.15) is 33.9 Å². The van der Waals surface area contributed by atoms with Crippen molar-refractivity contribution in [1.82, 2.24) is 5.43 Å². The summed E-state index contributed by atoms with van der Waals surface area (Å²) in [4.78, 5) is 0. The van der Waals surface area contributed by atoms with E-state index in [0.29, 0.717) is 12.0 Å². The van der Waals surface area contributed by atoms with Crippen molar-refractivity contribution in [2.45, 2.75) is 33.2 Å². The van der Waals surface area contributed by atoms with Crippen LogP contribution in [0.3, 0.4) is 0 Å². The van der Waals surface area contributed by atoms with Crippen LogP contribution in [0, 0.1) is 26.6 Å². The summed E-state index contributed by atoms with van der Waals surface area (Å²) < 4.78 is 14.1. The second-order valence-corrected chi connectivity index (χ2v) is 5.86. The summed E-state index contributed by atoms with van der Waals surface area (Å²) in [6.45, 7) is 6.16. The van der Waals surface area contributed by atoms with E-state index in [-0.39, 0.29) is 16.9 Å². The third-order valence-corrected chi connectivity index (χ3v) is 4.04. The number of benzene rings is 2.